The van der Waals surface area contributed by atoms with Crippen LogP contribution >= 0.6 is 0 Å². The summed E-state index contributed by atoms with van der Waals surface area (Å²) in [4.78, 5) is 38.0. The molecule has 0 radical (unpaired) electrons. The summed E-state index contributed by atoms with van der Waals surface area (Å²) in [6.45, 7) is 13.2. The first-order chi connectivity index (χ1) is 13.6. The Morgan fingerprint density at radius 3 is 2.62 bits per heavy atom. The second kappa shape index (κ2) is 8.41. The lowest BCUT2D eigenvalue weighted by molar-refractivity contribution is -0.132. The molecule has 0 spiro atoms. The minimum atomic E-state index is -0.139. The van der Waals surface area contributed by atoms with Crippen molar-refractivity contribution >= 4 is 11.8 Å². The van der Waals surface area contributed by atoms with E-state index in [0.717, 1.165) is 25.8 Å². The Labute approximate surface area is 175 Å². The summed E-state index contributed by atoms with van der Waals surface area (Å²) in [5, 5.41) is 0. The molecule has 0 aromatic carbocycles. The number of hydrogen-bond acceptors (Lipinski definition) is 4. The Hall–Kier alpha value is -1.98. The highest BCUT2D eigenvalue weighted by molar-refractivity contribution is 5.92. The number of carbonyl (C=O) groups excluding carboxylic acids is 2. The van der Waals surface area contributed by atoms with Gasteiger partial charge in [-0.3, -0.25) is 14.6 Å². The van der Waals surface area contributed by atoms with Gasteiger partial charge in [-0.05, 0) is 42.4 Å². The third-order valence-electron chi connectivity index (χ3n) is 6.38. The number of nitrogens with zero attached hydrogens (tertiary/aromatic N) is 4. The molecule has 2 amide bonds. The summed E-state index contributed by atoms with van der Waals surface area (Å²) >= 11 is 0. The summed E-state index contributed by atoms with van der Waals surface area (Å²) in [7, 11) is 0. The molecule has 29 heavy (non-hydrogen) atoms. The Morgan fingerprint density at radius 2 is 1.97 bits per heavy atom. The van der Waals surface area contributed by atoms with Crippen molar-refractivity contribution in [3.05, 3.63) is 24.3 Å². The molecule has 1 aliphatic heterocycles. The van der Waals surface area contributed by atoms with Gasteiger partial charge in [-0.25, -0.2) is 4.98 Å². The minimum absolute atomic E-state index is 0.139. The summed E-state index contributed by atoms with van der Waals surface area (Å²) in [5.74, 6) is 0.528. The van der Waals surface area contributed by atoms with Crippen LogP contribution in [0.5, 0.6) is 0 Å². The molecule has 2 atom stereocenters. The van der Waals surface area contributed by atoms with Crippen LogP contribution in [0.1, 0.15) is 77.2 Å². The van der Waals surface area contributed by atoms with E-state index in [1.165, 1.54) is 18.8 Å². The number of fused-ring (bicyclic) bond motifs is 2. The highest BCUT2D eigenvalue weighted by Crippen LogP contribution is 2.52. The van der Waals surface area contributed by atoms with Crippen molar-refractivity contribution in [3.63, 3.8) is 0 Å². The first-order valence-electron chi connectivity index (χ1n) is 10.9. The van der Waals surface area contributed by atoms with E-state index >= 15 is 0 Å². The molecule has 1 saturated heterocycles. The molecule has 0 N–H and O–H groups in total. The van der Waals surface area contributed by atoms with Gasteiger partial charge in [-0.2, -0.15) is 0 Å². The van der Waals surface area contributed by atoms with E-state index < -0.39 is 0 Å². The maximum atomic E-state index is 13.1. The zero-order chi connectivity index (χ0) is 21.2. The lowest BCUT2D eigenvalue weighted by Gasteiger charge is -2.39. The average molecular weight is 401 g/mol. The van der Waals surface area contributed by atoms with Crippen molar-refractivity contribution in [1.29, 1.82) is 0 Å². The zero-order valence-corrected chi connectivity index (χ0v) is 18.6. The van der Waals surface area contributed by atoms with Gasteiger partial charge >= 0.3 is 0 Å². The van der Waals surface area contributed by atoms with Gasteiger partial charge < -0.3 is 9.80 Å². The van der Waals surface area contributed by atoms with E-state index in [4.69, 9.17) is 0 Å². The van der Waals surface area contributed by atoms with Crippen molar-refractivity contribution in [2.45, 2.75) is 72.8 Å². The van der Waals surface area contributed by atoms with E-state index in [0.29, 0.717) is 37.2 Å². The van der Waals surface area contributed by atoms with Crippen molar-refractivity contribution in [2.75, 3.05) is 19.6 Å². The summed E-state index contributed by atoms with van der Waals surface area (Å²) in [6.07, 6.45) is 9.22. The highest BCUT2D eigenvalue weighted by atomic mass is 16.2. The highest BCUT2D eigenvalue weighted by Gasteiger charge is 2.50. The Kier molecular flexibility index (Phi) is 6.30. The molecule has 1 saturated carbocycles. The number of hydrogen-bond donors (Lipinski definition) is 0. The molecular weight excluding hydrogens is 364 g/mol. The number of likely N-dealkylation sites (tertiary alicyclic amines) is 1. The van der Waals surface area contributed by atoms with Crippen LogP contribution in [-0.4, -0.2) is 57.3 Å². The quantitative estimate of drug-likeness (QED) is 0.698. The number of aromatic nitrogens is 2. The number of carbonyl (C=O) groups is 2. The Bertz CT molecular complexity index is 734. The van der Waals surface area contributed by atoms with Crippen LogP contribution in [0, 0.1) is 16.7 Å². The standard InChI is InChI=1S/C23H36N4O2/c1-17(2)6-10-26(21(29)19-14-24-8-9-25-19)11-7-20(28)27-16-23(5)13-18(27)12-22(3,4)15-23/h8-9,14,17-18H,6-7,10-13,15-16H2,1-5H3. The van der Waals surface area contributed by atoms with Crippen molar-refractivity contribution in [2.24, 2.45) is 16.7 Å². The molecule has 2 aliphatic rings. The maximum Gasteiger partial charge on any atom is 0.274 e. The van der Waals surface area contributed by atoms with Crippen LogP contribution in [0.25, 0.3) is 0 Å². The molecular formula is C23H36N4O2. The second-order valence-corrected chi connectivity index (χ2v) is 10.6. The van der Waals surface area contributed by atoms with Crippen LogP contribution in [0.4, 0.5) is 0 Å². The molecule has 1 aromatic rings. The molecule has 6 heteroatoms. The Morgan fingerprint density at radius 1 is 1.21 bits per heavy atom. The van der Waals surface area contributed by atoms with E-state index in [1.54, 1.807) is 11.1 Å². The lowest BCUT2D eigenvalue weighted by Crippen LogP contribution is -2.40. The largest absolute Gasteiger partial charge is 0.339 e. The first kappa shape index (κ1) is 21.7. The fourth-order valence-corrected chi connectivity index (χ4v) is 5.43. The smallest absolute Gasteiger partial charge is 0.274 e. The molecule has 2 unspecified atom stereocenters. The summed E-state index contributed by atoms with van der Waals surface area (Å²) in [6, 6.07) is 0.344. The van der Waals surface area contributed by atoms with Gasteiger partial charge in [-0.15, -0.1) is 0 Å². The number of rotatable bonds is 7. The predicted molar refractivity (Wildman–Crippen MR) is 113 cm³/mol. The molecule has 2 heterocycles. The SMILES string of the molecule is CC(C)CCN(CCC(=O)N1CC2(C)CC1CC(C)(C)C2)C(=O)c1cnccn1. The topological polar surface area (TPSA) is 66.4 Å². The van der Waals surface area contributed by atoms with Gasteiger partial charge in [0.15, 0.2) is 0 Å². The van der Waals surface area contributed by atoms with E-state index in [2.05, 4.69) is 49.5 Å². The maximum absolute atomic E-state index is 13.1. The molecule has 6 nitrogen and oxygen atoms in total. The molecule has 2 fully saturated rings. The molecule has 1 aliphatic carbocycles. The van der Waals surface area contributed by atoms with Gasteiger partial charge in [0.25, 0.3) is 5.91 Å². The van der Waals surface area contributed by atoms with Crippen molar-refractivity contribution in [3.8, 4) is 0 Å². The van der Waals surface area contributed by atoms with Crippen molar-refractivity contribution in [1.82, 2.24) is 19.8 Å². The van der Waals surface area contributed by atoms with Gasteiger partial charge in [-0.1, -0.05) is 34.6 Å². The predicted octanol–water partition coefficient (Wildman–Crippen LogP) is 3.78. The number of amides is 2. The summed E-state index contributed by atoms with van der Waals surface area (Å²) < 4.78 is 0. The van der Waals surface area contributed by atoms with E-state index in [9.17, 15) is 9.59 Å². The van der Waals surface area contributed by atoms with Gasteiger partial charge in [0, 0.05) is 44.5 Å². The molecule has 160 valence electrons. The van der Waals surface area contributed by atoms with E-state index in [1.807, 2.05) is 0 Å². The fourth-order valence-electron chi connectivity index (χ4n) is 5.43. The first-order valence-corrected chi connectivity index (χ1v) is 10.9. The third kappa shape index (κ3) is 5.34. The van der Waals surface area contributed by atoms with Gasteiger partial charge in [0.2, 0.25) is 5.91 Å². The van der Waals surface area contributed by atoms with Crippen LogP contribution in [-0.2, 0) is 4.79 Å². The van der Waals surface area contributed by atoms with Crippen LogP contribution in [0.3, 0.4) is 0 Å². The minimum Gasteiger partial charge on any atom is -0.339 e. The monoisotopic (exact) mass is 400 g/mol. The molecule has 3 rings (SSSR count). The molecule has 1 aromatic heterocycles. The van der Waals surface area contributed by atoms with E-state index in [-0.39, 0.29) is 22.6 Å². The normalized spacial score (nSPS) is 25.3. The zero-order valence-electron chi connectivity index (χ0n) is 18.6. The van der Waals surface area contributed by atoms with Crippen LogP contribution < -0.4 is 0 Å². The van der Waals surface area contributed by atoms with Gasteiger partial charge in [0.05, 0.1) is 6.20 Å². The molecule has 2 bridgehead atoms. The van der Waals surface area contributed by atoms with Crippen LogP contribution in [0.15, 0.2) is 18.6 Å². The lowest BCUT2D eigenvalue weighted by atomic mass is 9.65. The fraction of sp³-hybridized carbons (Fsp3) is 0.739. The Balaban J connectivity index is 1.64. The second-order valence-electron chi connectivity index (χ2n) is 10.6. The van der Waals surface area contributed by atoms with Crippen molar-refractivity contribution < 1.29 is 9.59 Å². The third-order valence-corrected chi connectivity index (χ3v) is 6.38. The van der Waals surface area contributed by atoms with Gasteiger partial charge in [0.1, 0.15) is 5.69 Å². The summed E-state index contributed by atoms with van der Waals surface area (Å²) in [5.41, 5.74) is 0.863. The van der Waals surface area contributed by atoms with Crippen LogP contribution in [0.2, 0.25) is 0 Å². The average Bonchev–Trinajstić information content (AvgIpc) is 2.90.